The van der Waals surface area contributed by atoms with Crippen molar-refractivity contribution in [3.63, 3.8) is 0 Å². The quantitative estimate of drug-likeness (QED) is 0.280. The molecule has 1 aliphatic heterocycles. The van der Waals surface area contributed by atoms with Crippen molar-refractivity contribution in [2.24, 2.45) is 0 Å². The highest BCUT2D eigenvalue weighted by atomic mass is 16.3. The lowest BCUT2D eigenvalue weighted by molar-refractivity contribution is -0.133. The van der Waals surface area contributed by atoms with Crippen molar-refractivity contribution in [1.82, 2.24) is 24.3 Å². The zero-order valence-electron chi connectivity index (χ0n) is 23.0. The number of phenolic OH excluding ortho intramolecular Hbond substituents is 1. The number of likely N-dealkylation sites (tertiary alicyclic amines) is 1. The van der Waals surface area contributed by atoms with Gasteiger partial charge in [-0.25, -0.2) is 9.97 Å². The summed E-state index contributed by atoms with van der Waals surface area (Å²) in [4.78, 5) is 27.3. The Morgan fingerprint density at radius 2 is 1.79 bits per heavy atom. The van der Waals surface area contributed by atoms with Crippen LogP contribution < -0.4 is 5.73 Å². The average molecular weight is 529 g/mol. The van der Waals surface area contributed by atoms with E-state index in [1.165, 1.54) is 6.42 Å². The number of fused-ring (bicyclic) bond motifs is 3. The minimum Gasteiger partial charge on any atom is -0.508 e. The Labute approximate surface area is 230 Å². The maximum Gasteiger partial charge on any atom is 0.237 e. The molecule has 0 bridgehead atoms. The highest BCUT2D eigenvalue weighted by Crippen LogP contribution is 2.29. The predicted molar refractivity (Wildman–Crippen MR) is 156 cm³/mol. The monoisotopic (exact) mass is 528 g/mol. The first-order valence-electron chi connectivity index (χ1n) is 14.3. The van der Waals surface area contributed by atoms with Gasteiger partial charge in [-0.05, 0) is 62.5 Å². The second-order valence-electron chi connectivity index (χ2n) is 10.7. The van der Waals surface area contributed by atoms with Crippen LogP contribution in [-0.4, -0.2) is 61.5 Å². The molecule has 0 aliphatic carbocycles. The third kappa shape index (κ3) is 6.33. The third-order valence-electron chi connectivity index (χ3n) is 7.72. The summed E-state index contributed by atoms with van der Waals surface area (Å²) in [5, 5.41) is 10.8. The molecule has 0 spiro atoms. The molecule has 2 aromatic carbocycles. The zero-order chi connectivity index (χ0) is 27.2. The molecule has 0 unspecified atom stereocenters. The molecule has 1 saturated heterocycles. The van der Waals surface area contributed by atoms with Crippen molar-refractivity contribution in [3.8, 4) is 5.75 Å². The van der Waals surface area contributed by atoms with Gasteiger partial charge in [0.2, 0.25) is 5.91 Å². The molecular weight excluding hydrogens is 488 g/mol. The second-order valence-corrected chi connectivity index (χ2v) is 10.7. The number of carbonyl (C=O) groups excluding carboxylic acids is 1. The van der Waals surface area contributed by atoms with E-state index in [9.17, 15) is 9.90 Å². The number of nitrogen functional groups attached to an aromatic ring is 1. The normalized spacial score (nSPS) is 14.3. The summed E-state index contributed by atoms with van der Waals surface area (Å²) in [6.07, 6.45) is 7.38. The molecule has 39 heavy (non-hydrogen) atoms. The number of nitrogens with two attached hydrogens (primary N) is 1. The van der Waals surface area contributed by atoms with Gasteiger partial charge < -0.3 is 20.3 Å². The Bertz CT molecular complexity index is 1410. The van der Waals surface area contributed by atoms with Crippen molar-refractivity contribution >= 4 is 33.7 Å². The van der Waals surface area contributed by atoms with Crippen LogP contribution in [0.1, 0.15) is 56.8 Å². The molecule has 8 heteroatoms. The van der Waals surface area contributed by atoms with Crippen molar-refractivity contribution in [3.05, 3.63) is 59.9 Å². The number of piperidine rings is 1. The van der Waals surface area contributed by atoms with Crippen LogP contribution in [0.25, 0.3) is 21.9 Å². The first kappa shape index (κ1) is 26.9. The van der Waals surface area contributed by atoms with Gasteiger partial charge in [0.15, 0.2) is 5.82 Å². The number of carbonyl (C=O) groups is 1. The number of aryl methyl sites for hydroxylation is 2. The number of hydrogen-bond donors (Lipinski definition) is 2. The number of para-hydroxylation sites is 1. The number of benzene rings is 2. The summed E-state index contributed by atoms with van der Waals surface area (Å²) in [7, 11) is 0. The van der Waals surface area contributed by atoms with E-state index < -0.39 is 0 Å². The molecule has 2 aromatic heterocycles. The van der Waals surface area contributed by atoms with Crippen LogP contribution in [0.5, 0.6) is 5.75 Å². The van der Waals surface area contributed by atoms with Crippen LogP contribution in [0.4, 0.5) is 5.82 Å². The Hall–Kier alpha value is -3.65. The van der Waals surface area contributed by atoms with Crippen LogP contribution in [-0.2, 0) is 24.3 Å². The zero-order valence-corrected chi connectivity index (χ0v) is 23.0. The van der Waals surface area contributed by atoms with Crippen molar-refractivity contribution in [2.45, 2.75) is 65.0 Å². The van der Waals surface area contributed by atoms with Gasteiger partial charge in [-0.3, -0.25) is 9.69 Å². The number of hydrogen-bond acceptors (Lipinski definition) is 6. The summed E-state index contributed by atoms with van der Waals surface area (Å²) in [6.45, 7) is 6.53. The van der Waals surface area contributed by atoms with E-state index in [2.05, 4.69) is 27.4 Å². The number of phenols is 1. The van der Waals surface area contributed by atoms with Crippen LogP contribution in [0.2, 0.25) is 0 Å². The van der Waals surface area contributed by atoms with E-state index in [0.29, 0.717) is 25.5 Å². The third-order valence-corrected chi connectivity index (χ3v) is 7.72. The van der Waals surface area contributed by atoms with Crippen LogP contribution >= 0.6 is 0 Å². The number of pyridine rings is 1. The highest BCUT2D eigenvalue weighted by Gasteiger charge is 2.21. The largest absolute Gasteiger partial charge is 0.508 e. The maximum atomic E-state index is 13.5. The lowest BCUT2D eigenvalue weighted by atomic mass is 10.1. The maximum absolute atomic E-state index is 13.5. The van der Waals surface area contributed by atoms with E-state index in [-0.39, 0.29) is 11.7 Å². The first-order chi connectivity index (χ1) is 19.0. The number of aromatic nitrogens is 3. The summed E-state index contributed by atoms with van der Waals surface area (Å²) >= 11 is 0. The minimum absolute atomic E-state index is 0.158. The number of amides is 1. The van der Waals surface area contributed by atoms with Crippen LogP contribution in [0.15, 0.2) is 48.5 Å². The van der Waals surface area contributed by atoms with Crippen LogP contribution in [0.3, 0.4) is 0 Å². The molecule has 1 aliphatic rings. The van der Waals surface area contributed by atoms with Gasteiger partial charge in [-0.2, -0.15) is 0 Å². The van der Waals surface area contributed by atoms with E-state index in [0.717, 1.165) is 91.5 Å². The van der Waals surface area contributed by atoms with Gasteiger partial charge in [-0.15, -0.1) is 0 Å². The standard InChI is InChI=1S/C31H40N6O2/c1-2-3-12-27-34-29-30(25-10-5-6-11-26(25)33-31(29)32)37(27)20-9-19-36(21-23-13-15-24(38)16-14-23)28(39)22-35-17-7-4-8-18-35/h5-6,10-11,13-16,38H,2-4,7-9,12,17-22H2,1H3,(H2,32,33). The fourth-order valence-corrected chi connectivity index (χ4v) is 5.61. The molecule has 0 atom stereocenters. The van der Waals surface area contributed by atoms with Crippen molar-refractivity contribution in [2.75, 3.05) is 31.9 Å². The summed E-state index contributed by atoms with van der Waals surface area (Å²) in [5.74, 6) is 1.88. The van der Waals surface area contributed by atoms with E-state index >= 15 is 0 Å². The van der Waals surface area contributed by atoms with Crippen molar-refractivity contribution < 1.29 is 9.90 Å². The fourth-order valence-electron chi connectivity index (χ4n) is 5.61. The molecule has 3 N–H and O–H groups in total. The Balaban J connectivity index is 1.39. The van der Waals surface area contributed by atoms with E-state index in [1.54, 1.807) is 12.1 Å². The van der Waals surface area contributed by atoms with Gasteiger partial charge in [0.25, 0.3) is 0 Å². The SMILES string of the molecule is CCCCc1nc2c(N)nc3ccccc3c2n1CCCN(Cc1ccc(O)cc1)C(=O)CN1CCCCC1. The van der Waals surface area contributed by atoms with Gasteiger partial charge in [0.05, 0.1) is 17.6 Å². The van der Waals surface area contributed by atoms with E-state index in [4.69, 9.17) is 10.7 Å². The molecule has 1 amide bonds. The number of aromatic hydroxyl groups is 1. The predicted octanol–water partition coefficient (Wildman–Crippen LogP) is 5.12. The highest BCUT2D eigenvalue weighted by molar-refractivity contribution is 6.06. The lowest BCUT2D eigenvalue weighted by Gasteiger charge is -2.30. The summed E-state index contributed by atoms with van der Waals surface area (Å²) < 4.78 is 2.30. The van der Waals surface area contributed by atoms with Gasteiger partial charge in [0, 0.05) is 31.4 Å². The first-order valence-corrected chi connectivity index (χ1v) is 14.3. The number of anilines is 1. The summed E-state index contributed by atoms with van der Waals surface area (Å²) in [5.41, 5.74) is 10.1. The van der Waals surface area contributed by atoms with Gasteiger partial charge >= 0.3 is 0 Å². The fraction of sp³-hybridized carbons (Fsp3) is 0.452. The number of imidazole rings is 1. The number of nitrogens with zero attached hydrogens (tertiary/aromatic N) is 5. The second kappa shape index (κ2) is 12.5. The molecule has 5 rings (SSSR count). The number of rotatable bonds is 11. The van der Waals surface area contributed by atoms with Gasteiger partial charge in [-0.1, -0.05) is 50.1 Å². The summed E-state index contributed by atoms with van der Waals surface area (Å²) in [6, 6.07) is 15.2. The lowest BCUT2D eigenvalue weighted by Crippen LogP contribution is -2.42. The Kier molecular flexibility index (Phi) is 8.61. The average Bonchev–Trinajstić information content (AvgIpc) is 3.32. The van der Waals surface area contributed by atoms with Crippen molar-refractivity contribution in [1.29, 1.82) is 0 Å². The van der Waals surface area contributed by atoms with Gasteiger partial charge in [0.1, 0.15) is 17.1 Å². The molecular formula is C31H40N6O2. The Morgan fingerprint density at radius 1 is 1.03 bits per heavy atom. The molecule has 1 fully saturated rings. The molecule has 4 aromatic rings. The molecule has 3 heterocycles. The Morgan fingerprint density at radius 3 is 2.56 bits per heavy atom. The minimum atomic E-state index is 0.158. The smallest absolute Gasteiger partial charge is 0.237 e. The number of unbranched alkanes of at least 4 members (excludes halogenated alkanes) is 1. The molecule has 0 saturated carbocycles. The van der Waals surface area contributed by atoms with E-state index in [1.807, 2.05) is 35.2 Å². The molecule has 206 valence electrons. The molecule has 0 radical (unpaired) electrons. The van der Waals surface area contributed by atoms with Crippen LogP contribution in [0, 0.1) is 0 Å². The molecule has 8 nitrogen and oxygen atoms in total. The topological polar surface area (TPSA) is 101 Å².